The molecule has 3 rings (SSSR count). The average Bonchev–Trinajstić information content (AvgIpc) is 3.50. The Balaban J connectivity index is 1.73. The first-order valence-corrected chi connectivity index (χ1v) is 11.4. The molecule has 202 valence electrons. The van der Waals surface area contributed by atoms with Gasteiger partial charge in [-0.2, -0.15) is 13.2 Å². The molecule has 3 aliphatic rings. The third-order valence-electron chi connectivity index (χ3n) is 6.81. The van der Waals surface area contributed by atoms with Gasteiger partial charge in [0.05, 0.1) is 6.04 Å². The summed E-state index contributed by atoms with van der Waals surface area (Å²) in [6.07, 6.45) is -9.10. The minimum atomic E-state index is -5.09. The van der Waals surface area contributed by atoms with E-state index in [1.165, 1.54) is 5.32 Å². The number of amides is 3. The first kappa shape index (κ1) is 27.9. The first-order valence-electron chi connectivity index (χ1n) is 11.4. The molecule has 5 atom stereocenters. The van der Waals surface area contributed by atoms with Crippen molar-refractivity contribution in [1.82, 2.24) is 15.5 Å². The number of likely N-dealkylation sites (tertiary alicyclic amines) is 1. The lowest BCUT2D eigenvalue weighted by atomic mass is 9.83. The molecule has 2 N–H and O–H groups in total. The van der Waals surface area contributed by atoms with Crippen LogP contribution in [-0.2, 0) is 28.7 Å². The summed E-state index contributed by atoms with van der Waals surface area (Å²) in [5.74, 6) is -7.44. The van der Waals surface area contributed by atoms with E-state index >= 15 is 0 Å². The van der Waals surface area contributed by atoms with Crippen LogP contribution in [0, 0.1) is 17.8 Å². The molecule has 2 heterocycles. The van der Waals surface area contributed by atoms with E-state index in [4.69, 9.17) is 0 Å². The smallest absolute Gasteiger partial charge is 0.356 e. The lowest BCUT2D eigenvalue weighted by Gasteiger charge is -2.34. The minimum Gasteiger partial charge on any atom is -0.356 e. The topological polar surface area (TPSA) is 122 Å². The van der Waals surface area contributed by atoms with E-state index in [1.54, 1.807) is 0 Å². The third kappa shape index (κ3) is 6.95. The van der Waals surface area contributed by atoms with Crippen molar-refractivity contribution in [3.63, 3.8) is 0 Å². The first-order chi connectivity index (χ1) is 16.7. The number of carbonyl (C=O) groups is 5. The molecule has 0 unspecified atom stereocenters. The SMILES string of the molecule is O=C(NCC(F)(F)F)C(=O)N1[C@@H]2CC[C@@H](C2)[C@H]1C(=O)C[C@@H](C[C@@H]1CCNC1=O)C(=O)COC(F)(F)F. The van der Waals surface area contributed by atoms with Gasteiger partial charge in [0.1, 0.15) is 13.2 Å². The van der Waals surface area contributed by atoms with Crippen molar-refractivity contribution < 1.29 is 55.1 Å². The lowest BCUT2D eigenvalue weighted by molar-refractivity contribution is -0.321. The molecule has 1 saturated carbocycles. The standard InChI is InChI=1S/C21H25F6N3O6/c22-20(23,24)9-29-18(34)19(35)30-13-2-1-10(6-13)16(30)14(31)7-12(5-11-3-4-28-17(11)33)15(32)8-36-21(25,26)27/h10-13,16H,1-9H2,(H,28,33)(H,29,34)/t10-,11-,12+,13+,16-/m0/s1. The Morgan fingerprint density at radius 3 is 2.36 bits per heavy atom. The Kier molecular flexibility index (Phi) is 8.30. The Bertz CT molecular complexity index is 908. The van der Waals surface area contributed by atoms with E-state index in [2.05, 4.69) is 10.1 Å². The molecule has 2 aliphatic heterocycles. The largest absolute Gasteiger partial charge is 0.522 e. The van der Waals surface area contributed by atoms with Gasteiger partial charge < -0.3 is 15.5 Å². The molecule has 0 radical (unpaired) electrons. The minimum absolute atomic E-state index is 0.210. The van der Waals surface area contributed by atoms with Gasteiger partial charge in [0.15, 0.2) is 11.6 Å². The van der Waals surface area contributed by atoms with Crippen molar-refractivity contribution in [1.29, 1.82) is 0 Å². The molecule has 0 aromatic heterocycles. The Morgan fingerprint density at radius 2 is 1.78 bits per heavy atom. The average molecular weight is 529 g/mol. The van der Waals surface area contributed by atoms with E-state index in [0.29, 0.717) is 32.2 Å². The zero-order chi connectivity index (χ0) is 26.8. The molecule has 9 nitrogen and oxygen atoms in total. The number of fused-ring (bicyclic) bond motifs is 2. The Hall–Kier alpha value is -2.71. The van der Waals surface area contributed by atoms with Crippen LogP contribution in [0.3, 0.4) is 0 Å². The van der Waals surface area contributed by atoms with Gasteiger partial charge in [-0.05, 0) is 38.0 Å². The summed E-state index contributed by atoms with van der Waals surface area (Å²) in [4.78, 5) is 63.4. The number of hydrogen-bond acceptors (Lipinski definition) is 6. The van der Waals surface area contributed by atoms with Crippen LogP contribution in [0.25, 0.3) is 0 Å². The molecule has 3 amide bonds. The van der Waals surface area contributed by atoms with Gasteiger partial charge in [-0.25, -0.2) is 0 Å². The number of halogens is 6. The third-order valence-corrected chi connectivity index (χ3v) is 6.81. The number of carbonyl (C=O) groups excluding carboxylic acids is 5. The number of rotatable bonds is 9. The van der Waals surface area contributed by atoms with Crippen LogP contribution in [-0.4, -0.2) is 78.5 Å². The van der Waals surface area contributed by atoms with Crippen LogP contribution in [0.4, 0.5) is 26.3 Å². The highest BCUT2D eigenvalue weighted by atomic mass is 19.4. The lowest BCUT2D eigenvalue weighted by Crippen LogP contribution is -2.54. The number of ether oxygens (including phenoxy) is 1. The van der Waals surface area contributed by atoms with Gasteiger partial charge >= 0.3 is 24.4 Å². The molecule has 15 heteroatoms. The highest BCUT2D eigenvalue weighted by Gasteiger charge is 2.52. The molecule has 2 saturated heterocycles. The van der Waals surface area contributed by atoms with Gasteiger partial charge in [-0.3, -0.25) is 28.7 Å². The van der Waals surface area contributed by atoms with E-state index in [-0.39, 0.29) is 6.42 Å². The summed E-state index contributed by atoms with van der Waals surface area (Å²) in [7, 11) is 0. The van der Waals surface area contributed by atoms with Crippen LogP contribution in [0.15, 0.2) is 0 Å². The molecule has 36 heavy (non-hydrogen) atoms. The molecule has 0 aromatic carbocycles. The molecule has 3 fully saturated rings. The predicted molar refractivity (Wildman–Crippen MR) is 107 cm³/mol. The number of ketones is 2. The molecule has 1 aliphatic carbocycles. The molecular weight excluding hydrogens is 504 g/mol. The zero-order valence-corrected chi connectivity index (χ0v) is 18.9. The summed E-state index contributed by atoms with van der Waals surface area (Å²) in [5, 5.41) is 4.01. The highest BCUT2D eigenvalue weighted by Crippen LogP contribution is 2.43. The second-order valence-electron chi connectivity index (χ2n) is 9.26. The van der Waals surface area contributed by atoms with Crippen molar-refractivity contribution in [3.8, 4) is 0 Å². The van der Waals surface area contributed by atoms with Crippen LogP contribution >= 0.6 is 0 Å². The Labute approximate surface area is 201 Å². The van der Waals surface area contributed by atoms with Crippen molar-refractivity contribution in [2.24, 2.45) is 17.8 Å². The second kappa shape index (κ2) is 10.7. The van der Waals surface area contributed by atoms with Crippen molar-refractivity contribution in [2.45, 2.75) is 63.1 Å². The van der Waals surface area contributed by atoms with Crippen molar-refractivity contribution >= 4 is 29.3 Å². The maximum Gasteiger partial charge on any atom is 0.522 e. The molecule has 2 bridgehead atoms. The maximum atomic E-state index is 13.2. The fraction of sp³-hybridized carbons (Fsp3) is 0.762. The van der Waals surface area contributed by atoms with E-state index in [1.807, 2.05) is 0 Å². The summed E-state index contributed by atoms with van der Waals surface area (Å²) < 4.78 is 78.2. The Morgan fingerprint density at radius 1 is 1.08 bits per heavy atom. The van der Waals surface area contributed by atoms with Crippen LogP contribution in [0.5, 0.6) is 0 Å². The highest BCUT2D eigenvalue weighted by molar-refractivity contribution is 6.35. The number of hydrogen-bond donors (Lipinski definition) is 2. The van der Waals surface area contributed by atoms with E-state index in [9.17, 15) is 50.3 Å². The summed E-state index contributed by atoms with van der Waals surface area (Å²) in [6.45, 7) is -2.80. The number of nitrogens with one attached hydrogen (secondary N) is 2. The fourth-order valence-corrected chi connectivity index (χ4v) is 5.25. The van der Waals surface area contributed by atoms with Crippen molar-refractivity contribution in [2.75, 3.05) is 19.7 Å². The second-order valence-corrected chi connectivity index (χ2v) is 9.26. The summed E-state index contributed by atoms with van der Waals surface area (Å²) in [6, 6.07) is -1.76. The normalized spacial score (nSPS) is 26.6. The van der Waals surface area contributed by atoms with E-state index in [0.717, 1.165) is 4.90 Å². The van der Waals surface area contributed by atoms with Crippen LogP contribution in [0.1, 0.15) is 38.5 Å². The van der Waals surface area contributed by atoms with Gasteiger partial charge in [0.2, 0.25) is 5.91 Å². The number of alkyl halides is 6. The van der Waals surface area contributed by atoms with Gasteiger partial charge in [0.25, 0.3) is 0 Å². The molecular formula is C21H25F6N3O6. The fourth-order valence-electron chi connectivity index (χ4n) is 5.25. The van der Waals surface area contributed by atoms with Crippen LogP contribution in [0.2, 0.25) is 0 Å². The van der Waals surface area contributed by atoms with E-state index < -0.39 is 91.2 Å². The number of nitrogens with zero attached hydrogens (tertiary/aromatic N) is 1. The molecule has 0 spiro atoms. The van der Waals surface area contributed by atoms with Gasteiger partial charge in [0, 0.05) is 30.8 Å². The zero-order valence-electron chi connectivity index (χ0n) is 18.9. The summed E-state index contributed by atoms with van der Waals surface area (Å²) in [5.41, 5.74) is 0. The van der Waals surface area contributed by atoms with Crippen molar-refractivity contribution in [3.05, 3.63) is 0 Å². The summed E-state index contributed by atoms with van der Waals surface area (Å²) >= 11 is 0. The molecule has 0 aromatic rings. The monoisotopic (exact) mass is 529 g/mol. The van der Waals surface area contributed by atoms with Crippen LogP contribution < -0.4 is 10.6 Å². The van der Waals surface area contributed by atoms with Gasteiger partial charge in [-0.1, -0.05) is 0 Å². The quantitative estimate of drug-likeness (QED) is 0.343. The number of Topliss-reactive ketones (excluding diaryl/α,β-unsaturated/α-hetero) is 2. The maximum absolute atomic E-state index is 13.2. The predicted octanol–water partition coefficient (Wildman–Crippen LogP) is 1.25. The van der Waals surface area contributed by atoms with Gasteiger partial charge in [-0.15, -0.1) is 13.2 Å². The number of piperidine rings is 1.